The second-order valence-electron chi connectivity index (χ2n) is 19.4. The van der Waals surface area contributed by atoms with E-state index in [2.05, 4.69) is 34.3 Å². The number of ether oxygens (including phenoxy) is 6. The van der Waals surface area contributed by atoms with Crippen LogP contribution in [0.3, 0.4) is 0 Å². The van der Waals surface area contributed by atoms with E-state index < -0.39 is 36.3 Å². The topological polar surface area (TPSA) is 154 Å². The van der Waals surface area contributed by atoms with Gasteiger partial charge in [-0.3, -0.25) is 19.4 Å². The van der Waals surface area contributed by atoms with Gasteiger partial charge in [0.25, 0.3) is 0 Å². The number of esters is 2. The minimum Gasteiger partial charge on any atom is -0.462 e. The zero-order valence-corrected chi connectivity index (χ0v) is 43.7. The van der Waals surface area contributed by atoms with Gasteiger partial charge < -0.3 is 39.1 Å². The van der Waals surface area contributed by atoms with E-state index in [0.29, 0.717) is 65.2 Å². The molecule has 0 bridgehead atoms. The average molecular weight is 967 g/mol. The lowest BCUT2D eigenvalue weighted by atomic mass is 10.0. The summed E-state index contributed by atoms with van der Waals surface area (Å²) in [5.41, 5.74) is 0. The number of carbonyl (C=O) groups excluding carboxylic acids is 4. The molecule has 0 saturated carbocycles. The molecular formula is C54H102N4O10. The summed E-state index contributed by atoms with van der Waals surface area (Å²) in [6, 6.07) is 0. The maximum atomic E-state index is 13.2. The first-order valence-electron chi connectivity index (χ1n) is 28.2. The molecular weight excluding hydrogens is 865 g/mol. The fourth-order valence-corrected chi connectivity index (χ4v) is 8.85. The summed E-state index contributed by atoms with van der Waals surface area (Å²) in [5, 5.41) is 5.60. The highest BCUT2D eigenvalue weighted by Gasteiger charge is 2.32. The van der Waals surface area contributed by atoms with Crippen LogP contribution >= 0.6 is 0 Å². The molecule has 2 aliphatic rings. The van der Waals surface area contributed by atoms with Crippen molar-refractivity contribution in [1.82, 2.24) is 20.4 Å². The first-order valence-corrected chi connectivity index (χ1v) is 28.2. The lowest BCUT2D eigenvalue weighted by Crippen LogP contribution is -2.46. The van der Waals surface area contributed by atoms with Gasteiger partial charge in [-0.2, -0.15) is 0 Å². The molecule has 0 spiro atoms. The van der Waals surface area contributed by atoms with Crippen molar-refractivity contribution in [1.29, 1.82) is 0 Å². The van der Waals surface area contributed by atoms with E-state index in [9.17, 15) is 19.2 Å². The van der Waals surface area contributed by atoms with Crippen molar-refractivity contribution in [3.8, 4) is 0 Å². The Labute approximate surface area is 414 Å². The standard InChI is InChI=1S/C54H102N4O10/c1-3-5-7-9-11-13-15-17-19-21-23-25-27-29-33-51(59)65-47-49(67-53(61)55-35-31-37-57-39-43-63-44-40-57)50(68-54(62)56-36-32-38-58-41-45-64-46-42-58)48-66-52(60)34-30-28-26-24-22-20-18-16-14-12-10-8-6-4-2/h49-50H,3-48H2,1-2H3,(H,55,61)(H,56,62). The normalized spacial score (nSPS) is 15.4. The van der Waals surface area contributed by atoms with Gasteiger partial charge in [0.1, 0.15) is 13.2 Å². The number of amides is 2. The van der Waals surface area contributed by atoms with Crippen LogP contribution in [-0.4, -0.2) is 138 Å². The molecule has 0 aromatic heterocycles. The van der Waals surface area contributed by atoms with Crippen LogP contribution in [0.2, 0.25) is 0 Å². The number of rotatable bonds is 45. The summed E-state index contributed by atoms with van der Waals surface area (Å²) < 4.78 is 33.9. The predicted octanol–water partition coefficient (Wildman–Crippen LogP) is 11.4. The van der Waals surface area contributed by atoms with Gasteiger partial charge in [0, 0.05) is 52.1 Å². The van der Waals surface area contributed by atoms with Crippen molar-refractivity contribution < 1.29 is 47.6 Å². The molecule has 2 heterocycles. The molecule has 398 valence electrons. The van der Waals surface area contributed by atoms with Crippen LogP contribution in [0, 0.1) is 0 Å². The molecule has 2 amide bonds. The van der Waals surface area contributed by atoms with E-state index in [4.69, 9.17) is 28.4 Å². The third kappa shape index (κ3) is 37.2. The molecule has 14 heteroatoms. The fourth-order valence-electron chi connectivity index (χ4n) is 8.85. The van der Waals surface area contributed by atoms with Gasteiger partial charge in [0.2, 0.25) is 0 Å². The van der Waals surface area contributed by atoms with E-state index in [0.717, 1.165) is 77.8 Å². The van der Waals surface area contributed by atoms with Crippen LogP contribution in [0.5, 0.6) is 0 Å². The molecule has 68 heavy (non-hydrogen) atoms. The Hall–Kier alpha value is -2.68. The molecule has 2 saturated heterocycles. The molecule has 0 aliphatic carbocycles. The van der Waals surface area contributed by atoms with Gasteiger partial charge in [-0.05, 0) is 38.8 Å². The Morgan fingerprint density at radius 1 is 0.412 bits per heavy atom. The molecule has 2 unspecified atom stereocenters. The van der Waals surface area contributed by atoms with Crippen LogP contribution < -0.4 is 10.6 Å². The summed E-state index contributed by atoms with van der Waals surface area (Å²) in [4.78, 5) is 57.1. The van der Waals surface area contributed by atoms with E-state index in [-0.39, 0.29) is 26.1 Å². The van der Waals surface area contributed by atoms with Crippen molar-refractivity contribution >= 4 is 24.1 Å². The van der Waals surface area contributed by atoms with E-state index >= 15 is 0 Å². The highest BCUT2D eigenvalue weighted by atomic mass is 16.6. The molecule has 2 rings (SSSR count). The number of carbonyl (C=O) groups is 4. The van der Waals surface area contributed by atoms with E-state index in [1.54, 1.807) is 0 Å². The highest BCUT2D eigenvalue weighted by Crippen LogP contribution is 2.17. The molecule has 0 aromatic carbocycles. The second-order valence-corrected chi connectivity index (χ2v) is 19.4. The average Bonchev–Trinajstić information content (AvgIpc) is 3.35. The molecule has 14 nitrogen and oxygen atoms in total. The van der Waals surface area contributed by atoms with Crippen molar-refractivity contribution in [2.45, 2.75) is 232 Å². The Balaban J connectivity index is 1.88. The summed E-state index contributed by atoms with van der Waals surface area (Å²) in [6.07, 6.45) is 32.2. The first kappa shape index (κ1) is 61.4. The molecule has 2 N–H and O–H groups in total. The Morgan fingerprint density at radius 2 is 0.691 bits per heavy atom. The number of unbranched alkanes of at least 4 members (excludes halogenated alkanes) is 26. The van der Waals surface area contributed by atoms with Crippen LogP contribution in [0.1, 0.15) is 219 Å². The number of hydrogen-bond acceptors (Lipinski definition) is 12. The molecule has 2 fully saturated rings. The summed E-state index contributed by atoms with van der Waals surface area (Å²) >= 11 is 0. The summed E-state index contributed by atoms with van der Waals surface area (Å²) in [7, 11) is 0. The van der Waals surface area contributed by atoms with Crippen molar-refractivity contribution in [3.63, 3.8) is 0 Å². The van der Waals surface area contributed by atoms with Gasteiger partial charge in [-0.15, -0.1) is 0 Å². The molecule has 0 aromatic rings. The maximum absolute atomic E-state index is 13.2. The minimum atomic E-state index is -1.21. The number of nitrogens with zero attached hydrogens (tertiary/aromatic N) is 2. The summed E-state index contributed by atoms with van der Waals surface area (Å²) in [5.74, 6) is -0.825. The number of hydrogen-bond donors (Lipinski definition) is 2. The van der Waals surface area contributed by atoms with Gasteiger partial charge in [0.05, 0.1) is 26.4 Å². The zero-order valence-electron chi connectivity index (χ0n) is 43.7. The number of morpholine rings is 2. The lowest BCUT2D eigenvalue weighted by Gasteiger charge is -2.28. The van der Waals surface area contributed by atoms with Crippen LogP contribution in [0.15, 0.2) is 0 Å². The van der Waals surface area contributed by atoms with Gasteiger partial charge in [0.15, 0.2) is 12.2 Å². The predicted molar refractivity (Wildman–Crippen MR) is 272 cm³/mol. The fraction of sp³-hybridized carbons (Fsp3) is 0.926. The van der Waals surface area contributed by atoms with Gasteiger partial charge in [-0.1, -0.05) is 181 Å². The zero-order chi connectivity index (χ0) is 48.8. The van der Waals surface area contributed by atoms with Crippen LogP contribution in [0.25, 0.3) is 0 Å². The Kier molecular flexibility index (Phi) is 41.1. The van der Waals surface area contributed by atoms with Crippen molar-refractivity contribution in [2.75, 3.05) is 92.0 Å². The van der Waals surface area contributed by atoms with Crippen molar-refractivity contribution in [3.05, 3.63) is 0 Å². The number of alkyl carbamates (subject to hydrolysis) is 2. The third-order valence-electron chi connectivity index (χ3n) is 13.3. The summed E-state index contributed by atoms with van der Waals surface area (Å²) in [6.45, 7) is 12.4. The smallest absolute Gasteiger partial charge is 0.407 e. The highest BCUT2D eigenvalue weighted by molar-refractivity contribution is 5.71. The third-order valence-corrected chi connectivity index (χ3v) is 13.3. The largest absolute Gasteiger partial charge is 0.462 e. The number of nitrogens with one attached hydrogen (secondary N) is 2. The molecule has 0 radical (unpaired) electrons. The molecule has 2 atom stereocenters. The Morgan fingerprint density at radius 3 is 0.985 bits per heavy atom. The molecule has 2 aliphatic heterocycles. The van der Waals surface area contributed by atoms with Gasteiger partial charge >= 0.3 is 24.1 Å². The first-order chi connectivity index (χ1) is 33.4. The van der Waals surface area contributed by atoms with E-state index in [1.165, 1.54) is 128 Å². The SMILES string of the molecule is CCCCCCCCCCCCCCCCC(=O)OCC(OC(=O)NCCCN1CCOCC1)C(COC(=O)CCCCCCCCCCCCCCCC)OC(=O)NCCCN1CCOCC1. The van der Waals surface area contributed by atoms with Crippen LogP contribution in [0.4, 0.5) is 9.59 Å². The minimum absolute atomic E-state index is 0.238. The van der Waals surface area contributed by atoms with Gasteiger partial charge in [-0.25, -0.2) is 9.59 Å². The second kappa shape index (κ2) is 45.5. The maximum Gasteiger partial charge on any atom is 0.407 e. The Bertz CT molecular complexity index is 1110. The van der Waals surface area contributed by atoms with Crippen molar-refractivity contribution in [2.24, 2.45) is 0 Å². The quantitative estimate of drug-likeness (QED) is 0.0339. The van der Waals surface area contributed by atoms with Crippen LogP contribution in [-0.2, 0) is 38.0 Å². The monoisotopic (exact) mass is 967 g/mol. The lowest BCUT2D eigenvalue weighted by molar-refractivity contribution is -0.156. The van der Waals surface area contributed by atoms with E-state index in [1.807, 2.05) is 0 Å².